The van der Waals surface area contributed by atoms with Crippen molar-refractivity contribution in [2.75, 3.05) is 13.1 Å². The average Bonchev–Trinajstić information content (AvgIpc) is 2.96. The first-order valence-electron chi connectivity index (χ1n) is 9.79. The molecule has 2 aliphatic rings. The third-order valence-corrected chi connectivity index (χ3v) is 5.64. The molecule has 1 N–H and O–H groups in total. The first-order valence-corrected chi connectivity index (χ1v) is 9.79. The summed E-state index contributed by atoms with van der Waals surface area (Å²) in [6.07, 6.45) is 3.48. The second kappa shape index (κ2) is 6.22. The van der Waals surface area contributed by atoms with Crippen LogP contribution in [0.15, 0.2) is 30.6 Å². The Hall–Kier alpha value is -2.57. The standard InChI is InChI=1S/C21H28N4O3/c1-20(2,3)28-19(27)24-11-13-14(12-24)17(13)18(26)23-21(4,5)15-10-22-16-8-6-7-9-25(15)16/h6-10,13-14,17H,11-12H2,1-5H3,(H,23,26). The van der Waals surface area contributed by atoms with E-state index in [1.165, 1.54) is 0 Å². The van der Waals surface area contributed by atoms with Crippen LogP contribution in [0.5, 0.6) is 0 Å². The molecule has 3 heterocycles. The summed E-state index contributed by atoms with van der Waals surface area (Å²) in [6, 6.07) is 5.84. The van der Waals surface area contributed by atoms with Gasteiger partial charge in [0.25, 0.3) is 0 Å². The monoisotopic (exact) mass is 384 g/mol. The second-order valence-electron chi connectivity index (χ2n) is 9.43. The Kier molecular flexibility index (Phi) is 4.17. The maximum atomic E-state index is 12.9. The molecule has 2 amide bonds. The van der Waals surface area contributed by atoms with E-state index in [4.69, 9.17) is 4.74 Å². The number of pyridine rings is 1. The van der Waals surface area contributed by atoms with Crippen LogP contribution in [0.25, 0.3) is 5.65 Å². The molecule has 2 fully saturated rings. The summed E-state index contributed by atoms with van der Waals surface area (Å²) in [5, 5.41) is 3.19. The molecule has 2 atom stereocenters. The van der Waals surface area contributed by atoms with E-state index >= 15 is 0 Å². The zero-order valence-electron chi connectivity index (χ0n) is 17.1. The number of aromatic nitrogens is 2. The lowest BCUT2D eigenvalue weighted by Crippen LogP contribution is -2.44. The van der Waals surface area contributed by atoms with Crippen molar-refractivity contribution in [3.63, 3.8) is 0 Å². The van der Waals surface area contributed by atoms with E-state index in [9.17, 15) is 9.59 Å². The molecule has 4 rings (SSSR count). The Morgan fingerprint density at radius 3 is 2.46 bits per heavy atom. The third-order valence-electron chi connectivity index (χ3n) is 5.64. The number of carbonyl (C=O) groups is 2. The Morgan fingerprint density at radius 1 is 1.14 bits per heavy atom. The topological polar surface area (TPSA) is 75.9 Å². The van der Waals surface area contributed by atoms with Crippen LogP contribution in [0.1, 0.15) is 40.3 Å². The van der Waals surface area contributed by atoms with E-state index in [1.54, 1.807) is 4.90 Å². The van der Waals surface area contributed by atoms with Gasteiger partial charge in [-0.2, -0.15) is 0 Å². The van der Waals surface area contributed by atoms with E-state index in [-0.39, 0.29) is 29.8 Å². The van der Waals surface area contributed by atoms with Crippen molar-refractivity contribution in [2.24, 2.45) is 17.8 Å². The quantitative estimate of drug-likeness (QED) is 0.883. The van der Waals surface area contributed by atoms with Gasteiger partial charge in [0.1, 0.15) is 11.2 Å². The first-order chi connectivity index (χ1) is 13.1. The fraction of sp³-hybridized carbons (Fsp3) is 0.571. The van der Waals surface area contributed by atoms with Crippen LogP contribution in [0, 0.1) is 17.8 Å². The predicted molar refractivity (Wildman–Crippen MR) is 105 cm³/mol. The number of carbonyl (C=O) groups excluding carboxylic acids is 2. The Morgan fingerprint density at radius 2 is 1.82 bits per heavy atom. The summed E-state index contributed by atoms with van der Waals surface area (Å²) >= 11 is 0. The van der Waals surface area contributed by atoms with Gasteiger partial charge >= 0.3 is 6.09 Å². The van der Waals surface area contributed by atoms with Crippen LogP contribution in [0.3, 0.4) is 0 Å². The van der Waals surface area contributed by atoms with Crippen LogP contribution in [0.4, 0.5) is 4.79 Å². The van der Waals surface area contributed by atoms with Crippen molar-refractivity contribution in [3.05, 3.63) is 36.3 Å². The van der Waals surface area contributed by atoms with Crippen LogP contribution in [-0.4, -0.2) is 45.0 Å². The minimum Gasteiger partial charge on any atom is -0.444 e. The number of nitrogens with zero attached hydrogens (tertiary/aromatic N) is 3. The molecule has 7 nitrogen and oxygen atoms in total. The highest BCUT2D eigenvalue weighted by Crippen LogP contribution is 2.52. The second-order valence-corrected chi connectivity index (χ2v) is 9.43. The number of rotatable bonds is 3. The lowest BCUT2D eigenvalue weighted by Gasteiger charge is -2.28. The van der Waals surface area contributed by atoms with Gasteiger partial charge in [-0.1, -0.05) is 6.07 Å². The van der Waals surface area contributed by atoms with Crippen LogP contribution < -0.4 is 5.32 Å². The Balaban J connectivity index is 1.38. The number of likely N-dealkylation sites (tertiary alicyclic amines) is 1. The van der Waals surface area contributed by atoms with Gasteiger partial charge < -0.3 is 19.4 Å². The van der Waals surface area contributed by atoms with E-state index in [1.807, 2.05) is 69.6 Å². The number of hydrogen-bond acceptors (Lipinski definition) is 4. The van der Waals surface area contributed by atoms with Crippen molar-refractivity contribution in [2.45, 2.75) is 45.8 Å². The van der Waals surface area contributed by atoms with Crippen LogP contribution in [-0.2, 0) is 15.1 Å². The number of piperidine rings is 1. The molecule has 150 valence electrons. The number of fused-ring (bicyclic) bond motifs is 2. The zero-order chi connectivity index (χ0) is 20.3. The minimum atomic E-state index is -0.542. The van der Waals surface area contributed by atoms with Gasteiger partial charge in [-0.25, -0.2) is 9.78 Å². The van der Waals surface area contributed by atoms with E-state index < -0.39 is 11.1 Å². The summed E-state index contributed by atoms with van der Waals surface area (Å²) in [7, 11) is 0. The molecular weight excluding hydrogens is 356 g/mol. The molecule has 28 heavy (non-hydrogen) atoms. The predicted octanol–water partition coefficient (Wildman–Crippen LogP) is 2.80. The molecule has 2 aromatic rings. The van der Waals surface area contributed by atoms with Gasteiger partial charge in [0.05, 0.1) is 17.4 Å². The van der Waals surface area contributed by atoms with E-state index in [0.717, 1.165) is 11.3 Å². The molecular formula is C21H28N4O3. The van der Waals surface area contributed by atoms with Crippen molar-refractivity contribution < 1.29 is 14.3 Å². The molecule has 0 aromatic carbocycles. The molecule has 1 aliphatic heterocycles. The summed E-state index contributed by atoms with van der Waals surface area (Å²) in [5.74, 6) is 0.475. The molecule has 1 saturated heterocycles. The summed E-state index contributed by atoms with van der Waals surface area (Å²) in [5.41, 5.74) is 0.756. The number of ether oxygens (including phenoxy) is 1. The number of amides is 2. The van der Waals surface area contributed by atoms with Gasteiger partial charge in [0.15, 0.2) is 0 Å². The Labute approximate surface area is 165 Å². The molecule has 1 saturated carbocycles. The van der Waals surface area contributed by atoms with Gasteiger partial charge in [-0.3, -0.25) is 4.79 Å². The SMILES string of the molecule is CC(C)(C)OC(=O)N1CC2C(C1)C2C(=O)NC(C)(C)c1cnc2ccccn12. The number of imidazole rings is 1. The maximum Gasteiger partial charge on any atom is 0.410 e. The molecule has 0 radical (unpaired) electrons. The van der Waals surface area contributed by atoms with Crippen molar-refractivity contribution in [1.82, 2.24) is 19.6 Å². The van der Waals surface area contributed by atoms with Crippen molar-refractivity contribution >= 4 is 17.6 Å². The third kappa shape index (κ3) is 3.34. The maximum absolute atomic E-state index is 12.9. The van der Waals surface area contributed by atoms with E-state index in [2.05, 4.69) is 10.3 Å². The van der Waals surface area contributed by atoms with E-state index in [0.29, 0.717) is 13.1 Å². The highest BCUT2D eigenvalue weighted by molar-refractivity contribution is 5.84. The molecule has 2 aromatic heterocycles. The lowest BCUT2D eigenvalue weighted by atomic mass is 10.0. The van der Waals surface area contributed by atoms with Crippen molar-refractivity contribution in [3.8, 4) is 0 Å². The van der Waals surface area contributed by atoms with Gasteiger partial charge in [-0.15, -0.1) is 0 Å². The molecule has 0 spiro atoms. The Bertz CT molecular complexity index is 915. The smallest absolute Gasteiger partial charge is 0.410 e. The largest absolute Gasteiger partial charge is 0.444 e. The summed E-state index contributed by atoms with van der Waals surface area (Å²) in [6.45, 7) is 10.8. The normalized spacial score (nSPS) is 24.2. The fourth-order valence-electron chi connectivity index (χ4n) is 4.24. The highest BCUT2D eigenvalue weighted by Gasteiger charge is 2.61. The first kappa shape index (κ1) is 18.8. The molecule has 7 heteroatoms. The van der Waals surface area contributed by atoms with Gasteiger partial charge in [0, 0.05) is 25.2 Å². The summed E-state index contributed by atoms with van der Waals surface area (Å²) < 4.78 is 7.43. The number of hydrogen-bond donors (Lipinski definition) is 1. The molecule has 2 unspecified atom stereocenters. The number of nitrogens with one attached hydrogen (secondary N) is 1. The van der Waals surface area contributed by atoms with Crippen LogP contribution >= 0.6 is 0 Å². The van der Waals surface area contributed by atoms with Gasteiger partial charge in [0.2, 0.25) is 5.91 Å². The average molecular weight is 384 g/mol. The van der Waals surface area contributed by atoms with Crippen molar-refractivity contribution in [1.29, 1.82) is 0 Å². The summed E-state index contributed by atoms with van der Waals surface area (Å²) in [4.78, 5) is 31.2. The van der Waals surface area contributed by atoms with Gasteiger partial charge in [-0.05, 0) is 58.6 Å². The van der Waals surface area contributed by atoms with Crippen LogP contribution in [0.2, 0.25) is 0 Å². The molecule has 1 aliphatic carbocycles. The highest BCUT2D eigenvalue weighted by atomic mass is 16.6. The zero-order valence-corrected chi connectivity index (χ0v) is 17.1. The lowest BCUT2D eigenvalue weighted by molar-refractivity contribution is -0.125. The fourth-order valence-corrected chi connectivity index (χ4v) is 4.24. The molecule has 0 bridgehead atoms. The minimum absolute atomic E-state index is 0.0304.